The fourth-order valence-corrected chi connectivity index (χ4v) is 1.53. The summed E-state index contributed by atoms with van der Waals surface area (Å²) in [4.78, 5) is 0. The molecule has 0 fully saturated rings. The first kappa shape index (κ1) is 19.8. The molecule has 0 aliphatic carbocycles. The minimum Gasteiger partial charge on any atom is -0.381 e. The number of hydrogen-bond acceptors (Lipinski definition) is 4. The standard InChI is InChI=1S/C16H34O4/c1-15(2)14-19-12-6-10-17-8-5-9-18-11-7-13-20-16(3)4/h15-16H,5-14H2,1-4H3. The van der Waals surface area contributed by atoms with Gasteiger partial charge in [0.25, 0.3) is 0 Å². The third-order valence-corrected chi connectivity index (χ3v) is 2.49. The second kappa shape index (κ2) is 15.2. The second-order valence-electron chi connectivity index (χ2n) is 5.67. The van der Waals surface area contributed by atoms with E-state index < -0.39 is 0 Å². The van der Waals surface area contributed by atoms with Crippen LogP contribution in [0.25, 0.3) is 0 Å². The quantitative estimate of drug-likeness (QED) is 0.434. The minimum atomic E-state index is 0.313. The van der Waals surface area contributed by atoms with Gasteiger partial charge in [0.05, 0.1) is 6.10 Å². The lowest BCUT2D eigenvalue weighted by molar-refractivity contribution is 0.0397. The third kappa shape index (κ3) is 17.8. The Balaban J connectivity index is 2.96. The maximum atomic E-state index is 5.52. The molecule has 0 saturated carbocycles. The molecule has 0 aliphatic rings. The second-order valence-corrected chi connectivity index (χ2v) is 5.67. The first-order valence-electron chi connectivity index (χ1n) is 7.97. The van der Waals surface area contributed by atoms with Crippen LogP contribution in [-0.2, 0) is 18.9 Å². The Morgan fingerprint density at radius 3 is 1.50 bits per heavy atom. The summed E-state index contributed by atoms with van der Waals surface area (Å²) in [6.45, 7) is 13.9. The summed E-state index contributed by atoms with van der Waals surface area (Å²) in [6, 6.07) is 0. The maximum Gasteiger partial charge on any atom is 0.0518 e. The van der Waals surface area contributed by atoms with Crippen molar-refractivity contribution in [2.24, 2.45) is 5.92 Å². The predicted molar refractivity (Wildman–Crippen MR) is 82.2 cm³/mol. The monoisotopic (exact) mass is 290 g/mol. The Kier molecular flexibility index (Phi) is 15.1. The molecule has 0 rings (SSSR count). The summed E-state index contributed by atoms with van der Waals surface area (Å²) in [5.74, 6) is 0.610. The van der Waals surface area contributed by atoms with E-state index in [4.69, 9.17) is 18.9 Å². The Labute approximate surface area is 125 Å². The molecule has 4 heteroatoms. The van der Waals surface area contributed by atoms with E-state index in [0.29, 0.717) is 12.0 Å². The highest BCUT2D eigenvalue weighted by Crippen LogP contribution is 1.95. The highest BCUT2D eigenvalue weighted by molar-refractivity contribution is 4.42. The van der Waals surface area contributed by atoms with E-state index in [1.807, 2.05) is 13.8 Å². The van der Waals surface area contributed by atoms with E-state index in [1.165, 1.54) is 0 Å². The van der Waals surface area contributed by atoms with Crippen LogP contribution in [0.4, 0.5) is 0 Å². The number of hydrogen-bond donors (Lipinski definition) is 0. The van der Waals surface area contributed by atoms with Crippen LogP contribution in [0.2, 0.25) is 0 Å². The summed E-state index contributed by atoms with van der Waals surface area (Å²) < 4.78 is 21.9. The molecule has 0 amide bonds. The van der Waals surface area contributed by atoms with Crippen molar-refractivity contribution in [3.05, 3.63) is 0 Å². The fourth-order valence-electron chi connectivity index (χ4n) is 1.53. The van der Waals surface area contributed by atoms with Crippen molar-refractivity contribution < 1.29 is 18.9 Å². The van der Waals surface area contributed by atoms with Crippen LogP contribution < -0.4 is 0 Å². The van der Waals surface area contributed by atoms with Crippen molar-refractivity contribution in [3.8, 4) is 0 Å². The first-order valence-corrected chi connectivity index (χ1v) is 7.97. The molecule has 0 radical (unpaired) electrons. The Hall–Kier alpha value is -0.160. The van der Waals surface area contributed by atoms with Gasteiger partial charge in [0.15, 0.2) is 0 Å². The number of rotatable bonds is 15. The SMILES string of the molecule is CC(C)COCCCOCCCOCCCOC(C)C. The Morgan fingerprint density at radius 2 is 1.05 bits per heavy atom. The molecule has 0 saturated heterocycles. The summed E-state index contributed by atoms with van der Waals surface area (Å²) in [6.07, 6.45) is 3.21. The smallest absolute Gasteiger partial charge is 0.0518 e. The lowest BCUT2D eigenvalue weighted by atomic mass is 10.2. The molecule has 0 aromatic heterocycles. The highest BCUT2D eigenvalue weighted by atomic mass is 16.5. The lowest BCUT2D eigenvalue weighted by Gasteiger charge is -2.08. The maximum absolute atomic E-state index is 5.52. The molecule has 0 heterocycles. The third-order valence-electron chi connectivity index (χ3n) is 2.49. The molecule has 0 aliphatic heterocycles. The van der Waals surface area contributed by atoms with Crippen molar-refractivity contribution >= 4 is 0 Å². The van der Waals surface area contributed by atoms with Gasteiger partial charge < -0.3 is 18.9 Å². The van der Waals surface area contributed by atoms with E-state index in [2.05, 4.69) is 13.8 Å². The van der Waals surface area contributed by atoms with Gasteiger partial charge in [0.1, 0.15) is 0 Å². The fraction of sp³-hybridized carbons (Fsp3) is 1.00. The zero-order chi connectivity index (χ0) is 15.1. The normalized spacial score (nSPS) is 11.7. The molecule has 0 spiro atoms. The van der Waals surface area contributed by atoms with Gasteiger partial charge in [-0.1, -0.05) is 13.8 Å². The van der Waals surface area contributed by atoms with Gasteiger partial charge in [-0.25, -0.2) is 0 Å². The zero-order valence-electron chi connectivity index (χ0n) is 13.9. The molecule has 0 unspecified atom stereocenters. The van der Waals surface area contributed by atoms with Crippen LogP contribution in [0.15, 0.2) is 0 Å². The minimum absolute atomic E-state index is 0.313. The van der Waals surface area contributed by atoms with Crippen LogP contribution in [-0.4, -0.2) is 52.4 Å². The molecule has 20 heavy (non-hydrogen) atoms. The van der Waals surface area contributed by atoms with Crippen LogP contribution in [0, 0.1) is 5.92 Å². The van der Waals surface area contributed by atoms with Gasteiger partial charge in [-0.3, -0.25) is 0 Å². The Morgan fingerprint density at radius 1 is 0.600 bits per heavy atom. The van der Waals surface area contributed by atoms with Gasteiger partial charge in [0.2, 0.25) is 0 Å². The molecule has 0 atom stereocenters. The van der Waals surface area contributed by atoms with Gasteiger partial charge in [-0.15, -0.1) is 0 Å². The van der Waals surface area contributed by atoms with Crippen LogP contribution in [0.1, 0.15) is 47.0 Å². The van der Waals surface area contributed by atoms with Gasteiger partial charge >= 0.3 is 0 Å². The van der Waals surface area contributed by atoms with Gasteiger partial charge in [-0.2, -0.15) is 0 Å². The first-order chi connectivity index (χ1) is 9.63. The molecule has 0 aromatic carbocycles. The van der Waals surface area contributed by atoms with Crippen molar-refractivity contribution in [2.75, 3.05) is 46.2 Å². The number of ether oxygens (including phenoxy) is 4. The van der Waals surface area contributed by atoms with Crippen LogP contribution in [0.5, 0.6) is 0 Å². The topological polar surface area (TPSA) is 36.9 Å². The average Bonchev–Trinajstić information content (AvgIpc) is 2.38. The van der Waals surface area contributed by atoms with Crippen molar-refractivity contribution in [1.29, 1.82) is 0 Å². The molecule has 4 nitrogen and oxygen atoms in total. The predicted octanol–water partition coefficient (Wildman–Crippen LogP) is 3.29. The van der Waals surface area contributed by atoms with Crippen LogP contribution in [0.3, 0.4) is 0 Å². The summed E-state index contributed by atoms with van der Waals surface area (Å²) >= 11 is 0. The molecule has 0 bridgehead atoms. The van der Waals surface area contributed by atoms with E-state index in [1.54, 1.807) is 0 Å². The molecule has 0 aromatic rings. The van der Waals surface area contributed by atoms with Gasteiger partial charge in [-0.05, 0) is 39.0 Å². The average molecular weight is 290 g/mol. The van der Waals surface area contributed by atoms with E-state index >= 15 is 0 Å². The Bertz CT molecular complexity index is 163. The summed E-state index contributed by atoms with van der Waals surface area (Å²) in [7, 11) is 0. The zero-order valence-corrected chi connectivity index (χ0v) is 13.9. The van der Waals surface area contributed by atoms with E-state index in [0.717, 1.165) is 65.5 Å². The van der Waals surface area contributed by atoms with Crippen molar-refractivity contribution in [2.45, 2.75) is 53.1 Å². The van der Waals surface area contributed by atoms with Gasteiger partial charge in [0, 0.05) is 46.2 Å². The summed E-state index contributed by atoms with van der Waals surface area (Å²) in [5.41, 5.74) is 0. The summed E-state index contributed by atoms with van der Waals surface area (Å²) in [5, 5.41) is 0. The molecule has 122 valence electrons. The largest absolute Gasteiger partial charge is 0.381 e. The molecular formula is C16H34O4. The molecular weight excluding hydrogens is 256 g/mol. The van der Waals surface area contributed by atoms with Crippen molar-refractivity contribution in [3.63, 3.8) is 0 Å². The molecule has 0 N–H and O–H groups in total. The van der Waals surface area contributed by atoms with Crippen LogP contribution >= 0.6 is 0 Å². The highest BCUT2D eigenvalue weighted by Gasteiger charge is 1.96. The van der Waals surface area contributed by atoms with E-state index in [-0.39, 0.29) is 0 Å². The van der Waals surface area contributed by atoms with Crippen molar-refractivity contribution in [1.82, 2.24) is 0 Å². The van der Waals surface area contributed by atoms with E-state index in [9.17, 15) is 0 Å². The lowest BCUT2D eigenvalue weighted by Crippen LogP contribution is -2.09.